The molecular weight excluding hydrogens is 390 g/mol. The van der Waals surface area contributed by atoms with Crippen LogP contribution in [-0.2, 0) is 22.6 Å². The van der Waals surface area contributed by atoms with E-state index in [2.05, 4.69) is 54.4 Å². The van der Waals surface area contributed by atoms with E-state index in [9.17, 15) is 9.59 Å². The highest BCUT2D eigenvalue weighted by molar-refractivity contribution is 7.18. The number of aromatic nitrogens is 5. The van der Waals surface area contributed by atoms with Crippen LogP contribution >= 0.6 is 11.3 Å². The Labute approximate surface area is 169 Å². The van der Waals surface area contributed by atoms with Crippen molar-refractivity contribution in [3.05, 3.63) is 59.4 Å². The maximum absolute atomic E-state index is 12.2. The molecule has 0 aliphatic heterocycles. The van der Waals surface area contributed by atoms with Crippen molar-refractivity contribution in [1.29, 1.82) is 0 Å². The maximum Gasteiger partial charge on any atom is 0.239 e. The normalized spacial score (nSPS) is 10.8. The lowest BCUT2D eigenvalue weighted by Gasteiger charge is -2.04. The fraction of sp³-hybridized carbons (Fsp3) is 0.158. The second-order valence-corrected chi connectivity index (χ2v) is 7.35. The van der Waals surface area contributed by atoms with Gasteiger partial charge in [0.15, 0.2) is 5.82 Å². The standard InChI is InChI=1S/C19H17N7O2S/c27-17(21-11-18(28)20-10-16-23-25-26-24-16)9-19-22-14-7-6-13(8-15(14)29-19)12-4-2-1-3-5-12/h1-8H,9-11H2,(H,20,28)(H,21,27)(H,23,24,25,26). The largest absolute Gasteiger partial charge is 0.347 e. The number of H-pyrrole nitrogens is 1. The van der Waals surface area contributed by atoms with Crippen molar-refractivity contribution in [1.82, 2.24) is 36.2 Å². The van der Waals surface area contributed by atoms with Crippen LogP contribution in [0, 0.1) is 0 Å². The molecule has 4 aromatic rings. The van der Waals surface area contributed by atoms with Gasteiger partial charge in [0.2, 0.25) is 11.8 Å². The van der Waals surface area contributed by atoms with E-state index in [-0.39, 0.29) is 31.3 Å². The number of benzene rings is 2. The first-order valence-electron chi connectivity index (χ1n) is 8.88. The molecule has 0 saturated heterocycles. The lowest BCUT2D eigenvalue weighted by Crippen LogP contribution is -2.37. The summed E-state index contributed by atoms with van der Waals surface area (Å²) >= 11 is 1.48. The number of carbonyl (C=O) groups excluding carboxylic acids is 2. The minimum absolute atomic E-state index is 0.122. The van der Waals surface area contributed by atoms with Gasteiger partial charge in [-0.1, -0.05) is 36.4 Å². The zero-order chi connectivity index (χ0) is 20.1. The van der Waals surface area contributed by atoms with Gasteiger partial charge in [-0.15, -0.1) is 16.4 Å². The molecular formula is C19H17N7O2S. The number of rotatable bonds is 7. The molecule has 0 fully saturated rings. The highest BCUT2D eigenvalue weighted by Crippen LogP contribution is 2.28. The van der Waals surface area contributed by atoms with Crippen LogP contribution in [0.4, 0.5) is 0 Å². The second-order valence-electron chi connectivity index (χ2n) is 6.23. The Morgan fingerprint density at radius 1 is 1.00 bits per heavy atom. The number of tetrazole rings is 1. The number of carbonyl (C=O) groups is 2. The Kier molecular flexibility index (Phi) is 5.52. The van der Waals surface area contributed by atoms with E-state index in [1.165, 1.54) is 11.3 Å². The summed E-state index contributed by atoms with van der Waals surface area (Å²) in [5.41, 5.74) is 3.10. The van der Waals surface area contributed by atoms with Gasteiger partial charge in [-0.3, -0.25) is 9.59 Å². The predicted molar refractivity (Wildman–Crippen MR) is 108 cm³/mol. The van der Waals surface area contributed by atoms with Crippen molar-refractivity contribution < 1.29 is 9.59 Å². The van der Waals surface area contributed by atoms with Crippen LogP contribution in [0.5, 0.6) is 0 Å². The lowest BCUT2D eigenvalue weighted by atomic mass is 10.1. The molecule has 0 atom stereocenters. The van der Waals surface area contributed by atoms with Gasteiger partial charge in [0, 0.05) is 0 Å². The summed E-state index contributed by atoms with van der Waals surface area (Å²) in [5.74, 6) is -0.149. The van der Waals surface area contributed by atoms with Crippen molar-refractivity contribution in [3.8, 4) is 11.1 Å². The average Bonchev–Trinajstić information content (AvgIpc) is 3.40. The number of hydrogen-bond donors (Lipinski definition) is 3. The van der Waals surface area contributed by atoms with Crippen LogP contribution in [0.1, 0.15) is 10.8 Å². The molecule has 0 bridgehead atoms. The van der Waals surface area contributed by atoms with E-state index < -0.39 is 0 Å². The highest BCUT2D eigenvalue weighted by atomic mass is 32.1. The minimum Gasteiger partial charge on any atom is -0.347 e. The van der Waals surface area contributed by atoms with E-state index in [1.807, 2.05) is 30.3 Å². The monoisotopic (exact) mass is 407 g/mol. The number of nitrogens with zero attached hydrogens (tertiary/aromatic N) is 4. The molecule has 0 unspecified atom stereocenters. The van der Waals surface area contributed by atoms with Crippen molar-refractivity contribution >= 4 is 33.4 Å². The Bertz CT molecular complexity index is 1130. The topological polar surface area (TPSA) is 126 Å². The molecule has 3 N–H and O–H groups in total. The number of amides is 2. The van der Waals surface area contributed by atoms with Gasteiger partial charge in [-0.05, 0) is 33.7 Å². The van der Waals surface area contributed by atoms with Crippen LogP contribution < -0.4 is 10.6 Å². The molecule has 0 spiro atoms. The summed E-state index contributed by atoms with van der Waals surface area (Å²) in [6, 6.07) is 16.2. The fourth-order valence-electron chi connectivity index (χ4n) is 2.74. The van der Waals surface area contributed by atoms with E-state index in [4.69, 9.17) is 0 Å². The third kappa shape index (κ3) is 4.79. The average molecular weight is 407 g/mol. The Morgan fingerprint density at radius 2 is 1.86 bits per heavy atom. The molecule has 2 amide bonds. The Morgan fingerprint density at radius 3 is 2.66 bits per heavy atom. The van der Waals surface area contributed by atoms with Gasteiger partial charge in [-0.2, -0.15) is 0 Å². The summed E-state index contributed by atoms with van der Waals surface area (Å²) in [4.78, 5) is 28.5. The predicted octanol–water partition coefficient (Wildman–Crippen LogP) is 1.45. The van der Waals surface area contributed by atoms with Crippen molar-refractivity contribution in [2.24, 2.45) is 0 Å². The number of hydrogen-bond acceptors (Lipinski definition) is 7. The summed E-state index contributed by atoms with van der Waals surface area (Å²) in [7, 11) is 0. The molecule has 146 valence electrons. The molecule has 0 aliphatic rings. The Balaban J connectivity index is 1.32. The molecule has 2 aromatic heterocycles. The molecule has 0 radical (unpaired) electrons. The van der Waals surface area contributed by atoms with Gasteiger partial charge in [0.1, 0.15) is 5.01 Å². The lowest BCUT2D eigenvalue weighted by molar-refractivity contribution is -0.125. The van der Waals surface area contributed by atoms with Gasteiger partial charge in [0.25, 0.3) is 0 Å². The summed E-state index contributed by atoms with van der Waals surface area (Å²) in [6.45, 7) is 0.0484. The van der Waals surface area contributed by atoms with Crippen LogP contribution in [0.2, 0.25) is 0 Å². The van der Waals surface area contributed by atoms with E-state index >= 15 is 0 Å². The number of fused-ring (bicyclic) bond motifs is 1. The maximum atomic E-state index is 12.2. The first-order valence-corrected chi connectivity index (χ1v) is 9.70. The van der Waals surface area contributed by atoms with E-state index in [0.717, 1.165) is 21.3 Å². The minimum atomic E-state index is -0.327. The summed E-state index contributed by atoms with van der Waals surface area (Å²) < 4.78 is 1.02. The van der Waals surface area contributed by atoms with E-state index in [1.54, 1.807) is 0 Å². The Hall–Kier alpha value is -3.66. The molecule has 2 aromatic carbocycles. The molecule has 4 rings (SSSR count). The van der Waals surface area contributed by atoms with Gasteiger partial charge >= 0.3 is 0 Å². The molecule has 2 heterocycles. The smallest absolute Gasteiger partial charge is 0.239 e. The third-order valence-electron chi connectivity index (χ3n) is 4.14. The molecule has 10 heteroatoms. The van der Waals surface area contributed by atoms with Crippen LogP contribution in [0.25, 0.3) is 21.3 Å². The quantitative estimate of drug-likeness (QED) is 0.426. The fourth-order valence-corrected chi connectivity index (χ4v) is 3.74. The van der Waals surface area contributed by atoms with Gasteiger partial charge in [0.05, 0.1) is 29.7 Å². The van der Waals surface area contributed by atoms with Gasteiger partial charge in [-0.25, -0.2) is 10.1 Å². The van der Waals surface area contributed by atoms with Crippen LogP contribution in [-0.4, -0.2) is 44.0 Å². The van der Waals surface area contributed by atoms with Crippen LogP contribution in [0.3, 0.4) is 0 Å². The molecule has 0 saturated carbocycles. The van der Waals surface area contributed by atoms with Crippen LogP contribution in [0.15, 0.2) is 48.5 Å². The van der Waals surface area contributed by atoms with Crippen molar-refractivity contribution in [2.45, 2.75) is 13.0 Å². The zero-order valence-electron chi connectivity index (χ0n) is 15.3. The van der Waals surface area contributed by atoms with Gasteiger partial charge < -0.3 is 10.6 Å². The molecule has 29 heavy (non-hydrogen) atoms. The summed E-state index contributed by atoms with van der Waals surface area (Å²) in [6.07, 6.45) is 0.124. The van der Waals surface area contributed by atoms with Crippen molar-refractivity contribution in [3.63, 3.8) is 0 Å². The van der Waals surface area contributed by atoms with E-state index in [0.29, 0.717) is 10.8 Å². The SMILES string of the molecule is O=C(CNC(=O)Cc1nc2ccc(-c3ccccc3)cc2s1)NCc1nnn[nH]1. The number of thiazole rings is 1. The zero-order valence-corrected chi connectivity index (χ0v) is 16.1. The summed E-state index contributed by atoms with van der Waals surface area (Å²) in [5, 5.41) is 18.9. The molecule has 9 nitrogen and oxygen atoms in total. The first-order chi connectivity index (χ1) is 14.2. The second kappa shape index (κ2) is 8.57. The highest BCUT2D eigenvalue weighted by Gasteiger charge is 2.11. The number of aromatic amines is 1. The number of nitrogens with one attached hydrogen (secondary N) is 3. The molecule has 0 aliphatic carbocycles. The first kappa shape index (κ1) is 18.7. The van der Waals surface area contributed by atoms with Crippen molar-refractivity contribution in [2.75, 3.05) is 6.54 Å². The third-order valence-corrected chi connectivity index (χ3v) is 5.16.